The highest BCUT2D eigenvalue weighted by molar-refractivity contribution is 4.86. The summed E-state index contributed by atoms with van der Waals surface area (Å²) in [6.07, 6.45) is 6.40. The summed E-state index contributed by atoms with van der Waals surface area (Å²) in [6, 6.07) is 1.99. The normalized spacial score (nSPS) is 39.6. The average Bonchev–Trinajstić information content (AvgIpc) is 2.41. The molecule has 2 aliphatic rings. The number of hydrogen-bond donors (Lipinski definition) is 1. The second kappa shape index (κ2) is 5.48. The summed E-state index contributed by atoms with van der Waals surface area (Å²) in [5.41, 5.74) is 5.99. The molecule has 2 rings (SSSR count). The molecule has 16 heavy (non-hydrogen) atoms. The van der Waals surface area contributed by atoms with Gasteiger partial charge < -0.3 is 10.6 Å². The van der Waals surface area contributed by atoms with Crippen LogP contribution in [0.1, 0.15) is 39.0 Å². The van der Waals surface area contributed by atoms with E-state index < -0.39 is 0 Å². The van der Waals surface area contributed by atoms with E-state index in [2.05, 4.69) is 23.8 Å². The van der Waals surface area contributed by atoms with Crippen LogP contribution in [0.3, 0.4) is 0 Å². The summed E-state index contributed by atoms with van der Waals surface area (Å²) in [5.74, 6) is 0. The number of nitrogens with two attached hydrogens (primary N) is 1. The Hall–Kier alpha value is -0.120. The molecule has 1 aliphatic heterocycles. The van der Waals surface area contributed by atoms with Crippen LogP contribution in [-0.4, -0.2) is 54.6 Å². The third kappa shape index (κ3) is 2.96. The Bertz CT molecular complexity index is 211. The lowest BCUT2D eigenvalue weighted by molar-refractivity contribution is 0.109. The van der Waals surface area contributed by atoms with E-state index in [1.165, 1.54) is 51.7 Å². The molecule has 2 N–H and O–H groups in total. The molecule has 1 aliphatic carbocycles. The maximum absolute atomic E-state index is 5.99. The predicted molar refractivity (Wildman–Crippen MR) is 68.5 cm³/mol. The summed E-state index contributed by atoms with van der Waals surface area (Å²) >= 11 is 0. The molecular weight excluding hydrogens is 198 g/mol. The lowest BCUT2D eigenvalue weighted by atomic mass is 9.90. The fourth-order valence-corrected chi connectivity index (χ4v) is 3.37. The van der Waals surface area contributed by atoms with Gasteiger partial charge in [0.15, 0.2) is 0 Å². The van der Waals surface area contributed by atoms with E-state index in [9.17, 15) is 0 Å². The van der Waals surface area contributed by atoms with Gasteiger partial charge in [-0.3, -0.25) is 4.90 Å². The maximum Gasteiger partial charge on any atom is 0.0197 e. The van der Waals surface area contributed by atoms with Crippen molar-refractivity contribution in [1.82, 2.24) is 9.80 Å². The van der Waals surface area contributed by atoms with E-state index in [0.29, 0.717) is 12.1 Å². The third-order valence-corrected chi connectivity index (χ3v) is 4.31. The van der Waals surface area contributed by atoms with Gasteiger partial charge in [0, 0.05) is 24.7 Å². The first-order valence-corrected chi connectivity index (χ1v) is 6.86. The smallest absolute Gasteiger partial charge is 0.0197 e. The van der Waals surface area contributed by atoms with Crippen molar-refractivity contribution >= 4 is 0 Å². The fourth-order valence-electron chi connectivity index (χ4n) is 3.37. The monoisotopic (exact) mass is 225 g/mol. The van der Waals surface area contributed by atoms with Gasteiger partial charge in [-0.05, 0) is 59.2 Å². The van der Waals surface area contributed by atoms with Crippen LogP contribution >= 0.6 is 0 Å². The second-order valence-corrected chi connectivity index (χ2v) is 5.77. The van der Waals surface area contributed by atoms with Crippen LogP contribution in [0.4, 0.5) is 0 Å². The molecule has 0 aromatic heterocycles. The summed E-state index contributed by atoms with van der Waals surface area (Å²) in [7, 11) is 2.25. The van der Waals surface area contributed by atoms with Crippen LogP contribution in [0.2, 0.25) is 0 Å². The van der Waals surface area contributed by atoms with E-state index in [1.807, 2.05) is 0 Å². The van der Waals surface area contributed by atoms with Crippen molar-refractivity contribution in [2.75, 3.05) is 26.7 Å². The maximum atomic E-state index is 5.99. The zero-order valence-electron chi connectivity index (χ0n) is 10.9. The minimum absolute atomic E-state index is 0.473. The van der Waals surface area contributed by atoms with Gasteiger partial charge in [-0.1, -0.05) is 0 Å². The van der Waals surface area contributed by atoms with Crippen molar-refractivity contribution in [2.45, 2.75) is 57.2 Å². The molecule has 1 saturated heterocycles. The van der Waals surface area contributed by atoms with Crippen LogP contribution < -0.4 is 5.73 Å². The standard InChI is InChI=1S/C13H27N3/c1-11-10-15(2)8-3-9-16(11)13-6-4-12(14)5-7-13/h11-13H,3-10,14H2,1-2H3. The van der Waals surface area contributed by atoms with Crippen molar-refractivity contribution in [2.24, 2.45) is 5.73 Å². The van der Waals surface area contributed by atoms with Crippen LogP contribution in [0.15, 0.2) is 0 Å². The Morgan fingerprint density at radius 3 is 2.44 bits per heavy atom. The molecule has 1 saturated carbocycles. The lowest BCUT2D eigenvalue weighted by Crippen LogP contribution is -2.47. The van der Waals surface area contributed by atoms with Crippen molar-refractivity contribution < 1.29 is 0 Å². The molecule has 3 heteroatoms. The van der Waals surface area contributed by atoms with Gasteiger partial charge in [-0.15, -0.1) is 0 Å². The molecular formula is C13H27N3. The van der Waals surface area contributed by atoms with E-state index in [1.54, 1.807) is 0 Å². The van der Waals surface area contributed by atoms with Gasteiger partial charge in [-0.2, -0.15) is 0 Å². The zero-order chi connectivity index (χ0) is 11.5. The van der Waals surface area contributed by atoms with Gasteiger partial charge in [0.1, 0.15) is 0 Å². The summed E-state index contributed by atoms with van der Waals surface area (Å²) in [4.78, 5) is 5.22. The molecule has 94 valence electrons. The van der Waals surface area contributed by atoms with Crippen molar-refractivity contribution in [3.63, 3.8) is 0 Å². The number of hydrogen-bond acceptors (Lipinski definition) is 3. The molecule has 3 nitrogen and oxygen atoms in total. The minimum Gasteiger partial charge on any atom is -0.328 e. The van der Waals surface area contributed by atoms with Crippen LogP contribution in [0.25, 0.3) is 0 Å². The lowest BCUT2D eigenvalue weighted by Gasteiger charge is -2.39. The highest BCUT2D eigenvalue weighted by Crippen LogP contribution is 2.25. The minimum atomic E-state index is 0.473. The zero-order valence-corrected chi connectivity index (χ0v) is 10.9. The molecule has 0 radical (unpaired) electrons. The van der Waals surface area contributed by atoms with Crippen LogP contribution in [0.5, 0.6) is 0 Å². The molecule has 1 unspecified atom stereocenters. The summed E-state index contributed by atoms with van der Waals surface area (Å²) < 4.78 is 0. The fraction of sp³-hybridized carbons (Fsp3) is 1.00. The van der Waals surface area contributed by atoms with Crippen LogP contribution in [0, 0.1) is 0 Å². The molecule has 0 spiro atoms. The molecule has 2 fully saturated rings. The molecule has 0 aromatic carbocycles. The quantitative estimate of drug-likeness (QED) is 0.730. The molecule has 1 atom stereocenters. The first-order valence-electron chi connectivity index (χ1n) is 6.86. The SMILES string of the molecule is CC1CN(C)CCCN1C1CCC(N)CC1. The number of nitrogens with zero attached hydrogens (tertiary/aromatic N) is 2. The molecule has 0 aromatic rings. The topological polar surface area (TPSA) is 32.5 Å². The van der Waals surface area contributed by atoms with E-state index >= 15 is 0 Å². The van der Waals surface area contributed by atoms with Gasteiger partial charge in [0.25, 0.3) is 0 Å². The molecule has 1 heterocycles. The first-order chi connectivity index (χ1) is 7.66. The largest absolute Gasteiger partial charge is 0.328 e. The number of likely N-dealkylation sites (N-methyl/N-ethyl adjacent to an activating group) is 1. The van der Waals surface area contributed by atoms with E-state index in [0.717, 1.165) is 6.04 Å². The Balaban J connectivity index is 1.91. The van der Waals surface area contributed by atoms with Gasteiger partial charge >= 0.3 is 0 Å². The molecule has 0 amide bonds. The summed E-state index contributed by atoms with van der Waals surface area (Å²) in [5, 5.41) is 0. The van der Waals surface area contributed by atoms with E-state index in [-0.39, 0.29) is 0 Å². The average molecular weight is 225 g/mol. The number of rotatable bonds is 1. The van der Waals surface area contributed by atoms with E-state index in [4.69, 9.17) is 5.73 Å². The highest BCUT2D eigenvalue weighted by Gasteiger charge is 2.29. The van der Waals surface area contributed by atoms with Gasteiger partial charge in [-0.25, -0.2) is 0 Å². The summed E-state index contributed by atoms with van der Waals surface area (Å²) in [6.45, 7) is 6.15. The predicted octanol–water partition coefficient (Wildman–Crippen LogP) is 1.28. The van der Waals surface area contributed by atoms with Crippen molar-refractivity contribution in [3.8, 4) is 0 Å². The Labute approximate surface area is 100.0 Å². The highest BCUT2D eigenvalue weighted by atomic mass is 15.2. The Morgan fingerprint density at radius 1 is 1.06 bits per heavy atom. The van der Waals surface area contributed by atoms with Crippen molar-refractivity contribution in [3.05, 3.63) is 0 Å². The Morgan fingerprint density at radius 2 is 1.75 bits per heavy atom. The third-order valence-electron chi connectivity index (χ3n) is 4.31. The van der Waals surface area contributed by atoms with Gasteiger partial charge in [0.2, 0.25) is 0 Å². The Kier molecular flexibility index (Phi) is 4.22. The first kappa shape index (κ1) is 12.3. The van der Waals surface area contributed by atoms with Gasteiger partial charge in [0.05, 0.1) is 0 Å². The second-order valence-electron chi connectivity index (χ2n) is 5.77. The van der Waals surface area contributed by atoms with Crippen LogP contribution in [-0.2, 0) is 0 Å². The van der Waals surface area contributed by atoms with Crippen molar-refractivity contribution in [1.29, 1.82) is 0 Å². The molecule has 0 bridgehead atoms.